The third kappa shape index (κ3) is 4.32. The number of rotatable bonds is 6. The topological polar surface area (TPSA) is 142 Å². The number of hydrogen-bond acceptors (Lipinski definition) is 9. The van der Waals surface area contributed by atoms with Gasteiger partial charge in [-0.3, -0.25) is 14.1 Å². The molecule has 3 aliphatic rings. The molecular weight excluding hydrogens is 827 g/mol. The van der Waals surface area contributed by atoms with Crippen LogP contribution in [0.1, 0.15) is 17.3 Å². The van der Waals surface area contributed by atoms with Crippen LogP contribution in [-0.4, -0.2) is 66.7 Å². The van der Waals surface area contributed by atoms with Crippen LogP contribution >= 0.6 is 67.8 Å². The minimum atomic E-state index is -5.88. The van der Waals surface area contributed by atoms with Crippen LogP contribution in [0.3, 0.4) is 0 Å². The fraction of sp³-hybridized carbons (Fsp3) is 0.500. The second-order valence-electron chi connectivity index (χ2n) is 7.75. The van der Waals surface area contributed by atoms with Gasteiger partial charge in [-0.05, 0) is 86.8 Å². The van der Waals surface area contributed by atoms with Gasteiger partial charge < -0.3 is 18.9 Å². The van der Waals surface area contributed by atoms with E-state index in [4.69, 9.17) is 18.8 Å². The molecule has 0 spiro atoms. The lowest BCUT2D eigenvalue weighted by atomic mass is 9.78. The first-order valence-corrected chi connectivity index (χ1v) is 14.1. The SMILES string of the molecule is CC(OC(=O)C1C2OC3C(OC(=O)C31)C2OC(=O)c1cc(I)cc(I)c1I)C(F)(F)S(=O)(=O)O. The molecule has 0 amide bonds. The van der Waals surface area contributed by atoms with Crippen molar-refractivity contribution in [2.24, 2.45) is 11.8 Å². The predicted octanol–water partition coefficient (Wildman–Crippen LogP) is 2.38. The lowest BCUT2D eigenvalue weighted by Gasteiger charge is -2.29. The molecule has 0 radical (unpaired) electrons. The molecule has 0 saturated carbocycles. The van der Waals surface area contributed by atoms with E-state index in [-0.39, 0.29) is 5.56 Å². The number of carbonyl (C=O) groups is 3. The highest BCUT2D eigenvalue weighted by molar-refractivity contribution is 14.1. The number of fused-ring (bicyclic) bond motifs is 1. The largest absolute Gasteiger partial charge is 0.455 e. The zero-order chi connectivity index (χ0) is 25.3. The quantitative estimate of drug-likeness (QED) is 0.149. The molecule has 7 unspecified atom stereocenters. The number of hydrogen-bond donors (Lipinski definition) is 1. The number of benzene rings is 1. The van der Waals surface area contributed by atoms with Crippen molar-refractivity contribution in [3.05, 3.63) is 28.4 Å². The monoisotopic (exact) mass is 840 g/mol. The van der Waals surface area contributed by atoms with Gasteiger partial charge in [0.25, 0.3) is 0 Å². The smallest absolute Gasteiger partial charge is 0.405 e. The molecule has 0 aliphatic carbocycles. The van der Waals surface area contributed by atoms with Gasteiger partial charge in [0.05, 0.1) is 5.56 Å². The van der Waals surface area contributed by atoms with Crippen LogP contribution in [0.2, 0.25) is 0 Å². The molecule has 1 aromatic rings. The minimum Gasteiger partial charge on any atom is -0.455 e. The number of halogens is 5. The van der Waals surface area contributed by atoms with Crippen molar-refractivity contribution in [1.82, 2.24) is 0 Å². The maximum atomic E-state index is 13.9. The first-order chi connectivity index (χ1) is 15.6. The second kappa shape index (κ2) is 9.14. The molecule has 2 bridgehead atoms. The van der Waals surface area contributed by atoms with Gasteiger partial charge in [-0.25, -0.2) is 4.79 Å². The summed E-state index contributed by atoms with van der Waals surface area (Å²) in [4.78, 5) is 38.0. The standard InChI is InChI=1S/C18H13F2I3O10S/c1-4(18(19,20)34(27,28)29)30-16(25)8-9-12-14(33-17(9)26)13(11(8)31-12)32-15(24)6-2-5(21)3-7(22)10(6)23/h2-4,8-9,11-14H,1H3,(H,27,28,29). The van der Waals surface area contributed by atoms with E-state index in [1.807, 2.05) is 51.2 Å². The van der Waals surface area contributed by atoms with Crippen molar-refractivity contribution < 1.29 is 55.1 Å². The lowest BCUT2D eigenvalue weighted by molar-refractivity contribution is -0.169. The highest BCUT2D eigenvalue weighted by atomic mass is 127. The third-order valence-corrected chi connectivity index (χ3v) is 10.4. The lowest BCUT2D eigenvalue weighted by Crippen LogP contribution is -2.50. The number of alkyl halides is 2. The second-order valence-corrected chi connectivity index (χ2v) is 12.7. The molecule has 4 rings (SSSR count). The van der Waals surface area contributed by atoms with E-state index >= 15 is 0 Å². The molecular formula is C18H13F2I3O10S. The number of esters is 3. The van der Waals surface area contributed by atoms with Crippen LogP contribution < -0.4 is 0 Å². The Kier molecular flexibility index (Phi) is 7.15. The van der Waals surface area contributed by atoms with Gasteiger partial charge in [0.1, 0.15) is 24.0 Å². The van der Waals surface area contributed by atoms with Crippen molar-refractivity contribution in [2.45, 2.75) is 42.7 Å². The summed E-state index contributed by atoms with van der Waals surface area (Å²) in [7, 11) is -5.88. The molecule has 7 atom stereocenters. The van der Waals surface area contributed by atoms with Crippen molar-refractivity contribution >= 4 is 95.8 Å². The summed E-state index contributed by atoms with van der Waals surface area (Å²) in [5, 5.41) is -4.79. The molecule has 10 nitrogen and oxygen atoms in total. The Bertz CT molecular complexity index is 1190. The van der Waals surface area contributed by atoms with E-state index < -0.39 is 75.6 Å². The van der Waals surface area contributed by atoms with Crippen LogP contribution in [0.25, 0.3) is 0 Å². The van der Waals surface area contributed by atoms with Crippen LogP contribution in [-0.2, 0) is 38.7 Å². The fourth-order valence-electron chi connectivity index (χ4n) is 4.16. The molecule has 3 saturated heterocycles. The summed E-state index contributed by atoms with van der Waals surface area (Å²) in [6.07, 6.45) is -7.00. The molecule has 186 valence electrons. The van der Waals surface area contributed by atoms with E-state index in [2.05, 4.69) is 27.3 Å². The third-order valence-electron chi connectivity index (χ3n) is 5.74. The van der Waals surface area contributed by atoms with Gasteiger partial charge in [-0.1, -0.05) is 0 Å². The minimum absolute atomic E-state index is 0.237. The normalized spacial score (nSPS) is 30.7. The Morgan fingerprint density at radius 2 is 1.82 bits per heavy atom. The van der Waals surface area contributed by atoms with Crippen LogP contribution in [0.5, 0.6) is 0 Å². The van der Waals surface area contributed by atoms with Crippen LogP contribution in [0.4, 0.5) is 8.78 Å². The van der Waals surface area contributed by atoms with Gasteiger partial charge >= 0.3 is 33.3 Å². The van der Waals surface area contributed by atoms with E-state index in [1.54, 1.807) is 6.07 Å². The Morgan fingerprint density at radius 1 is 1.18 bits per heavy atom. The number of ether oxygens (including phenoxy) is 4. The summed E-state index contributed by atoms with van der Waals surface area (Å²) in [5.41, 5.74) is 0.237. The zero-order valence-electron chi connectivity index (χ0n) is 16.6. The first-order valence-electron chi connectivity index (χ1n) is 9.42. The van der Waals surface area contributed by atoms with E-state index in [0.717, 1.165) is 7.14 Å². The Hall–Kier alpha value is -0.450. The van der Waals surface area contributed by atoms with Crippen molar-refractivity contribution in [2.75, 3.05) is 0 Å². The molecule has 0 aromatic heterocycles. The van der Waals surface area contributed by atoms with Gasteiger partial charge in [-0.15, -0.1) is 0 Å². The Labute approximate surface area is 231 Å². The first kappa shape index (κ1) is 26.6. The van der Waals surface area contributed by atoms with Crippen molar-refractivity contribution in [1.29, 1.82) is 0 Å². The highest BCUT2D eigenvalue weighted by Gasteiger charge is 2.72. The summed E-state index contributed by atoms with van der Waals surface area (Å²) in [6.45, 7) is 0.577. The number of carbonyl (C=O) groups excluding carboxylic acids is 3. The molecule has 16 heteroatoms. The maximum Gasteiger partial charge on any atom is 0.405 e. The average molecular weight is 840 g/mol. The van der Waals surface area contributed by atoms with Gasteiger partial charge in [0.15, 0.2) is 18.3 Å². The summed E-state index contributed by atoms with van der Waals surface area (Å²) < 4.78 is 81.5. The van der Waals surface area contributed by atoms with E-state index in [1.165, 1.54) is 0 Å². The fourth-order valence-corrected chi connectivity index (χ4v) is 7.01. The van der Waals surface area contributed by atoms with Gasteiger partial charge in [0.2, 0.25) is 0 Å². The van der Waals surface area contributed by atoms with E-state index in [9.17, 15) is 31.6 Å². The average Bonchev–Trinajstić information content (AvgIpc) is 3.33. The van der Waals surface area contributed by atoms with E-state index in [0.29, 0.717) is 10.5 Å². The zero-order valence-corrected chi connectivity index (χ0v) is 23.9. The molecule has 3 fully saturated rings. The highest BCUT2D eigenvalue weighted by Crippen LogP contribution is 2.52. The molecule has 3 aliphatic heterocycles. The van der Waals surface area contributed by atoms with Crippen molar-refractivity contribution in [3.63, 3.8) is 0 Å². The Morgan fingerprint density at radius 3 is 2.44 bits per heavy atom. The molecule has 34 heavy (non-hydrogen) atoms. The predicted molar refractivity (Wildman–Crippen MR) is 131 cm³/mol. The summed E-state index contributed by atoms with van der Waals surface area (Å²) in [5.74, 6) is -5.66. The maximum absolute atomic E-state index is 13.9. The van der Waals surface area contributed by atoms with Gasteiger partial charge in [-0.2, -0.15) is 17.2 Å². The molecule has 1 aromatic carbocycles. The van der Waals surface area contributed by atoms with Gasteiger partial charge in [0, 0.05) is 10.7 Å². The Balaban J connectivity index is 1.57. The summed E-state index contributed by atoms with van der Waals surface area (Å²) in [6, 6.07) is 3.44. The van der Waals surface area contributed by atoms with Crippen molar-refractivity contribution in [3.8, 4) is 0 Å². The van der Waals surface area contributed by atoms with Crippen LogP contribution in [0.15, 0.2) is 12.1 Å². The summed E-state index contributed by atoms with van der Waals surface area (Å²) >= 11 is 6.05. The molecule has 1 N–H and O–H groups in total. The van der Waals surface area contributed by atoms with Crippen LogP contribution in [0, 0.1) is 22.5 Å². The molecule has 3 heterocycles.